The number of halogens is 1. The van der Waals surface area contributed by atoms with Crippen LogP contribution in [0.3, 0.4) is 0 Å². The van der Waals surface area contributed by atoms with Crippen molar-refractivity contribution in [2.75, 3.05) is 5.32 Å². The number of nitrogens with one attached hydrogen (secondary N) is 1. The van der Waals surface area contributed by atoms with E-state index in [1.165, 1.54) is 0 Å². The van der Waals surface area contributed by atoms with Crippen molar-refractivity contribution < 1.29 is 4.79 Å². The Morgan fingerprint density at radius 3 is 2.35 bits per heavy atom. The molecule has 0 aromatic heterocycles. The van der Waals surface area contributed by atoms with Crippen LogP contribution >= 0.6 is 15.9 Å². The molecule has 2 aromatic rings. The van der Waals surface area contributed by atoms with Crippen molar-refractivity contribution in [2.45, 2.75) is 25.8 Å². The molecule has 0 spiro atoms. The average Bonchev–Trinajstić information content (AvgIpc) is 2.48. The standard InChI is InChI=1S/C17H18BrNO/c1-2-16(20)12-17(13-8-10-14(18)11-9-13)19-15-6-4-3-5-7-15/h3-11,17,19H,2,12H2,1H3. The summed E-state index contributed by atoms with van der Waals surface area (Å²) >= 11 is 3.44. The second-order valence-corrected chi connectivity index (χ2v) is 5.63. The highest BCUT2D eigenvalue weighted by Crippen LogP contribution is 2.24. The summed E-state index contributed by atoms with van der Waals surface area (Å²) in [6, 6.07) is 18.1. The maximum absolute atomic E-state index is 11.8. The topological polar surface area (TPSA) is 29.1 Å². The van der Waals surface area contributed by atoms with Crippen LogP contribution in [0.1, 0.15) is 31.4 Å². The summed E-state index contributed by atoms with van der Waals surface area (Å²) in [7, 11) is 0. The summed E-state index contributed by atoms with van der Waals surface area (Å²) in [5, 5.41) is 3.44. The van der Waals surface area contributed by atoms with Gasteiger partial charge in [0.25, 0.3) is 0 Å². The number of hydrogen-bond acceptors (Lipinski definition) is 2. The molecule has 2 rings (SSSR count). The van der Waals surface area contributed by atoms with E-state index in [0.29, 0.717) is 12.8 Å². The lowest BCUT2D eigenvalue weighted by molar-refractivity contribution is -0.119. The molecular weight excluding hydrogens is 314 g/mol. The van der Waals surface area contributed by atoms with Gasteiger partial charge in [-0.3, -0.25) is 4.79 Å². The fourth-order valence-corrected chi connectivity index (χ4v) is 2.32. The molecule has 0 bridgehead atoms. The normalized spacial score (nSPS) is 11.9. The number of benzene rings is 2. The highest BCUT2D eigenvalue weighted by molar-refractivity contribution is 9.10. The molecule has 0 aliphatic rings. The molecule has 104 valence electrons. The van der Waals surface area contributed by atoms with Crippen LogP contribution in [0.5, 0.6) is 0 Å². The van der Waals surface area contributed by atoms with E-state index in [1.807, 2.05) is 61.5 Å². The Bertz CT molecular complexity index is 551. The van der Waals surface area contributed by atoms with Crippen molar-refractivity contribution in [1.29, 1.82) is 0 Å². The molecule has 0 aliphatic carbocycles. The van der Waals surface area contributed by atoms with E-state index in [0.717, 1.165) is 15.7 Å². The minimum Gasteiger partial charge on any atom is -0.378 e. The summed E-state index contributed by atoms with van der Waals surface area (Å²) in [5.41, 5.74) is 2.16. The first-order chi connectivity index (χ1) is 9.69. The number of Topliss-reactive ketones (excluding diaryl/α,β-unsaturated/α-hetero) is 1. The van der Waals surface area contributed by atoms with Crippen LogP contribution in [0, 0.1) is 0 Å². The fourth-order valence-electron chi connectivity index (χ4n) is 2.05. The van der Waals surface area contributed by atoms with Crippen LogP contribution in [-0.2, 0) is 4.79 Å². The zero-order chi connectivity index (χ0) is 14.4. The molecule has 20 heavy (non-hydrogen) atoms. The van der Waals surface area contributed by atoms with E-state index in [1.54, 1.807) is 0 Å². The molecular formula is C17H18BrNO. The van der Waals surface area contributed by atoms with Gasteiger partial charge in [-0.15, -0.1) is 0 Å². The Hall–Kier alpha value is -1.61. The third kappa shape index (κ3) is 4.20. The Labute approximate surface area is 128 Å². The number of anilines is 1. The van der Waals surface area contributed by atoms with Crippen LogP contribution in [0.15, 0.2) is 59.1 Å². The average molecular weight is 332 g/mol. The molecule has 3 heteroatoms. The van der Waals surface area contributed by atoms with Gasteiger partial charge in [-0.1, -0.05) is 53.2 Å². The summed E-state index contributed by atoms with van der Waals surface area (Å²) in [5.74, 6) is 0.265. The molecule has 1 N–H and O–H groups in total. The predicted molar refractivity (Wildman–Crippen MR) is 86.9 cm³/mol. The molecule has 0 amide bonds. The second kappa shape index (κ2) is 7.25. The van der Waals surface area contributed by atoms with E-state index in [9.17, 15) is 4.79 Å². The van der Waals surface area contributed by atoms with E-state index in [-0.39, 0.29) is 11.8 Å². The van der Waals surface area contributed by atoms with Crippen LogP contribution in [-0.4, -0.2) is 5.78 Å². The van der Waals surface area contributed by atoms with Gasteiger partial charge < -0.3 is 5.32 Å². The van der Waals surface area contributed by atoms with Gasteiger partial charge in [0.2, 0.25) is 0 Å². The molecule has 2 aromatic carbocycles. The Kier molecular flexibility index (Phi) is 5.36. The summed E-state index contributed by atoms with van der Waals surface area (Å²) < 4.78 is 1.04. The van der Waals surface area contributed by atoms with Crippen molar-refractivity contribution in [2.24, 2.45) is 0 Å². The first-order valence-electron chi connectivity index (χ1n) is 6.77. The Morgan fingerprint density at radius 1 is 1.10 bits per heavy atom. The van der Waals surface area contributed by atoms with E-state index in [4.69, 9.17) is 0 Å². The van der Waals surface area contributed by atoms with Crippen molar-refractivity contribution in [3.8, 4) is 0 Å². The number of rotatable bonds is 6. The molecule has 0 fully saturated rings. The van der Waals surface area contributed by atoms with Gasteiger partial charge in [0.1, 0.15) is 5.78 Å². The van der Waals surface area contributed by atoms with Gasteiger partial charge >= 0.3 is 0 Å². The van der Waals surface area contributed by atoms with Gasteiger partial charge in [-0.05, 0) is 29.8 Å². The fraction of sp³-hybridized carbons (Fsp3) is 0.235. The summed E-state index contributed by atoms with van der Waals surface area (Å²) in [6.45, 7) is 1.91. The molecule has 1 atom stereocenters. The van der Waals surface area contributed by atoms with Crippen molar-refractivity contribution in [3.05, 3.63) is 64.6 Å². The van der Waals surface area contributed by atoms with Gasteiger partial charge in [-0.2, -0.15) is 0 Å². The number of hydrogen-bond donors (Lipinski definition) is 1. The molecule has 1 unspecified atom stereocenters. The summed E-state index contributed by atoms with van der Waals surface area (Å²) in [6.07, 6.45) is 1.08. The van der Waals surface area contributed by atoms with Gasteiger partial charge in [0, 0.05) is 23.0 Å². The molecule has 0 radical (unpaired) electrons. The van der Waals surface area contributed by atoms with Crippen molar-refractivity contribution in [1.82, 2.24) is 0 Å². The minimum absolute atomic E-state index is 0.0120. The highest BCUT2D eigenvalue weighted by atomic mass is 79.9. The predicted octanol–water partition coefficient (Wildman–Crippen LogP) is 4.97. The zero-order valence-corrected chi connectivity index (χ0v) is 13.1. The minimum atomic E-state index is 0.0120. The molecule has 0 heterocycles. The SMILES string of the molecule is CCC(=O)CC(Nc1ccccc1)c1ccc(Br)cc1. The lowest BCUT2D eigenvalue weighted by Gasteiger charge is -2.20. The van der Waals surface area contributed by atoms with Crippen LogP contribution in [0.2, 0.25) is 0 Å². The van der Waals surface area contributed by atoms with Crippen LogP contribution < -0.4 is 5.32 Å². The maximum atomic E-state index is 11.8. The van der Waals surface area contributed by atoms with Crippen molar-refractivity contribution in [3.63, 3.8) is 0 Å². The monoisotopic (exact) mass is 331 g/mol. The van der Waals surface area contributed by atoms with Crippen LogP contribution in [0.4, 0.5) is 5.69 Å². The van der Waals surface area contributed by atoms with Crippen molar-refractivity contribution >= 4 is 27.4 Å². The number of carbonyl (C=O) groups is 1. The third-order valence-electron chi connectivity index (χ3n) is 3.21. The summed E-state index contributed by atoms with van der Waals surface area (Å²) in [4.78, 5) is 11.8. The molecule has 2 nitrogen and oxygen atoms in total. The first kappa shape index (κ1) is 14.8. The lowest BCUT2D eigenvalue weighted by atomic mass is 10.00. The Morgan fingerprint density at radius 2 is 1.75 bits per heavy atom. The molecule has 0 aliphatic heterocycles. The quantitative estimate of drug-likeness (QED) is 0.809. The second-order valence-electron chi connectivity index (χ2n) is 4.71. The van der Waals surface area contributed by atoms with Gasteiger partial charge in [0.05, 0.1) is 6.04 Å². The van der Waals surface area contributed by atoms with Gasteiger partial charge in [-0.25, -0.2) is 0 Å². The smallest absolute Gasteiger partial charge is 0.135 e. The molecule has 0 saturated carbocycles. The first-order valence-corrected chi connectivity index (χ1v) is 7.57. The van der Waals surface area contributed by atoms with E-state index in [2.05, 4.69) is 21.2 Å². The third-order valence-corrected chi connectivity index (χ3v) is 3.74. The van der Waals surface area contributed by atoms with Crippen LogP contribution in [0.25, 0.3) is 0 Å². The zero-order valence-electron chi connectivity index (χ0n) is 11.5. The lowest BCUT2D eigenvalue weighted by Crippen LogP contribution is -2.15. The molecule has 0 saturated heterocycles. The largest absolute Gasteiger partial charge is 0.378 e. The number of carbonyl (C=O) groups excluding carboxylic acids is 1. The number of ketones is 1. The maximum Gasteiger partial charge on any atom is 0.135 e. The number of para-hydroxylation sites is 1. The highest BCUT2D eigenvalue weighted by Gasteiger charge is 2.15. The van der Waals surface area contributed by atoms with E-state index >= 15 is 0 Å². The van der Waals surface area contributed by atoms with Gasteiger partial charge in [0.15, 0.2) is 0 Å². The Balaban J connectivity index is 2.20. The van der Waals surface area contributed by atoms with E-state index < -0.39 is 0 Å².